The van der Waals surface area contributed by atoms with E-state index in [1.165, 1.54) is 12.8 Å². The lowest BCUT2D eigenvalue weighted by Gasteiger charge is -2.35. The Bertz CT molecular complexity index is 624. The molecular weight excluding hydrogens is 326 g/mol. The molecule has 3 N–H and O–H groups in total. The van der Waals surface area contributed by atoms with Crippen molar-refractivity contribution in [1.29, 1.82) is 0 Å². The number of piperidine rings is 1. The van der Waals surface area contributed by atoms with E-state index in [9.17, 15) is 9.90 Å². The van der Waals surface area contributed by atoms with Gasteiger partial charge in [0.25, 0.3) is 0 Å². The predicted octanol–water partition coefficient (Wildman–Crippen LogP) is 2.28. The molecule has 2 aliphatic heterocycles. The summed E-state index contributed by atoms with van der Waals surface area (Å²) in [4.78, 5) is 15.3. The molecule has 0 aliphatic carbocycles. The van der Waals surface area contributed by atoms with Gasteiger partial charge in [-0.05, 0) is 67.4 Å². The maximum Gasteiger partial charge on any atom is 0.237 e. The number of hydrogen-bond donors (Lipinski definition) is 3. The Balaban J connectivity index is 1.57. The summed E-state index contributed by atoms with van der Waals surface area (Å²) in [7, 11) is 0. The van der Waals surface area contributed by atoms with Crippen molar-refractivity contribution in [3.05, 3.63) is 29.3 Å². The summed E-state index contributed by atoms with van der Waals surface area (Å²) in [6, 6.07) is 5.40. The lowest BCUT2D eigenvalue weighted by atomic mass is 9.94. The van der Waals surface area contributed by atoms with E-state index >= 15 is 0 Å². The first-order valence-electron chi connectivity index (χ1n) is 9.99. The average Bonchev–Trinajstić information content (AvgIpc) is 2.62. The third kappa shape index (κ3) is 4.77. The predicted molar refractivity (Wildman–Crippen MR) is 104 cm³/mol. The van der Waals surface area contributed by atoms with Gasteiger partial charge in [0.15, 0.2) is 0 Å². The molecule has 0 radical (unpaired) electrons. The number of amides is 1. The maximum atomic E-state index is 12.8. The highest BCUT2D eigenvalue weighted by Crippen LogP contribution is 2.22. The number of nitrogens with one attached hydrogen (secondary N) is 2. The Morgan fingerprint density at radius 2 is 2.04 bits per heavy atom. The molecule has 26 heavy (non-hydrogen) atoms. The van der Waals surface area contributed by atoms with Crippen molar-refractivity contribution in [2.45, 2.75) is 58.7 Å². The number of benzene rings is 1. The molecular formula is C21H33N3O2. The summed E-state index contributed by atoms with van der Waals surface area (Å²) in [5, 5.41) is 16.2. The van der Waals surface area contributed by atoms with Gasteiger partial charge in [-0.1, -0.05) is 26.8 Å². The molecule has 1 amide bonds. The van der Waals surface area contributed by atoms with Gasteiger partial charge in [-0.25, -0.2) is 0 Å². The number of nitrogens with zero attached hydrogens (tertiary/aromatic N) is 1. The van der Waals surface area contributed by atoms with Crippen molar-refractivity contribution in [3.8, 4) is 5.75 Å². The van der Waals surface area contributed by atoms with E-state index in [-0.39, 0.29) is 23.7 Å². The van der Waals surface area contributed by atoms with Crippen LogP contribution in [-0.2, 0) is 17.8 Å². The van der Waals surface area contributed by atoms with Crippen LogP contribution in [0.3, 0.4) is 0 Å². The van der Waals surface area contributed by atoms with E-state index < -0.39 is 0 Å². The quantitative estimate of drug-likeness (QED) is 0.755. The molecule has 1 aromatic carbocycles. The number of phenolic OH excluding ortho intramolecular Hbond substituents is 1. The molecule has 1 saturated heterocycles. The van der Waals surface area contributed by atoms with Crippen LogP contribution in [0, 0.1) is 11.8 Å². The van der Waals surface area contributed by atoms with Crippen LogP contribution in [0.4, 0.5) is 0 Å². The summed E-state index contributed by atoms with van der Waals surface area (Å²) in [6.07, 6.45) is 3.19. The fraction of sp³-hybridized carbons (Fsp3) is 0.667. The van der Waals surface area contributed by atoms with Crippen molar-refractivity contribution in [3.63, 3.8) is 0 Å². The van der Waals surface area contributed by atoms with Crippen LogP contribution in [0.1, 0.15) is 44.7 Å². The van der Waals surface area contributed by atoms with Gasteiger partial charge in [0, 0.05) is 19.1 Å². The summed E-state index contributed by atoms with van der Waals surface area (Å²) < 4.78 is 0. The van der Waals surface area contributed by atoms with E-state index in [1.807, 2.05) is 6.07 Å². The van der Waals surface area contributed by atoms with Crippen molar-refractivity contribution in [2.24, 2.45) is 11.8 Å². The van der Waals surface area contributed by atoms with Crippen LogP contribution in [0.25, 0.3) is 0 Å². The van der Waals surface area contributed by atoms with Gasteiger partial charge in [-0.2, -0.15) is 0 Å². The van der Waals surface area contributed by atoms with Gasteiger partial charge in [0.1, 0.15) is 5.75 Å². The van der Waals surface area contributed by atoms with Gasteiger partial charge < -0.3 is 20.6 Å². The number of aromatic hydroxyl groups is 1. The fourth-order valence-corrected chi connectivity index (χ4v) is 3.92. The van der Waals surface area contributed by atoms with Crippen LogP contribution in [-0.4, -0.2) is 47.6 Å². The minimum Gasteiger partial charge on any atom is -0.508 e. The number of hydrogen-bond acceptors (Lipinski definition) is 4. The van der Waals surface area contributed by atoms with E-state index in [2.05, 4.69) is 36.3 Å². The summed E-state index contributed by atoms with van der Waals surface area (Å²) in [6.45, 7) is 10.5. The minimum absolute atomic E-state index is 0.0906. The Morgan fingerprint density at radius 3 is 2.73 bits per heavy atom. The van der Waals surface area contributed by atoms with Crippen LogP contribution in [0.5, 0.6) is 5.75 Å². The topological polar surface area (TPSA) is 64.6 Å². The highest BCUT2D eigenvalue weighted by atomic mass is 16.3. The maximum absolute atomic E-state index is 12.8. The van der Waals surface area contributed by atoms with Gasteiger partial charge in [-0.3, -0.25) is 4.79 Å². The largest absolute Gasteiger partial charge is 0.508 e. The number of carbonyl (C=O) groups is 1. The van der Waals surface area contributed by atoms with Gasteiger partial charge >= 0.3 is 0 Å². The van der Waals surface area contributed by atoms with Crippen molar-refractivity contribution in [2.75, 3.05) is 19.6 Å². The number of phenols is 1. The standard InChI is InChI=1S/C21H33N3O2/c1-14(2)20(13-24-8-6-15(3)7-9-24)23-21(26)19-11-16-4-5-18(25)10-17(16)12-22-19/h4-5,10,14-15,19-20,22,25H,6-9,11-13H2,1-3H3,(H,23,26)/t19-,20-/m1/s1. The zero-order valence-corrected chi connectivity index (χ0v) is 16.3. The Morgan fingerprint density at radius 1 is 1.31 bits per heavy atom. The van der Waals surface area contributed by atoms with E-state index in [0.29, 0.717) is 18.9 Å². The lowest BCUT2D eigenvalue weighted by Crippen LogP contribution is -2.54. The lowest BCUT2D eigenvalue weighted by molar-refractivity contribution is -0.124. The molecule has 2 aliphatic rings. The number of carbonyl (C=O) groups excluding carboxylic acids is 1. The fourth-order valence-electron chi connectivity index (χ4n) is 3.92. The number of likely N-dealkylation sites (tertiary alicyclic amines) is 1. The molecule has 1 fully saturated rings. The molecule has 2 atom stereocenters. The van der Waals surface area contributed by atoms with Crippen molar-refractivity contribution < 1.29 is 9.90 Å². The Kier molecular flexibility index (Phi) is 6.20. The number of rotatable bonds is 5. The smallest absolute Gasteiger partial charge is 0.237 e. The first-order chi connectivity index (χ1) is 12.4. The van der Waals surface area contributed by atoms with Crippen LogP contribution < -0.4 is 10.6 Å². The molecule has 3 rings (SSSR count). The summed E-state index contributed by atoms with van der Waals surface area (Å²) >= 11 is 0. The molecule has 0 unspecified atom stereocenters. The molecule has 5 nitrogen and oxygen atoms in total. The van der Waals surface area contributed by atoms with Gasteiger partial charge in [0.2, 0.25) is 5.91 Å². The highest BCUT2D eigenvalue weighted by molar-refractivity contribution is 5.82. The molecule has 2 heterocycles. The third-order valence-corrected chi connectivity index (χ3v) is 5.93. The first kappa shape index (κ1) is 19.2. The molecule has 1 aromatic rings. The third-order valence-electron chi connectivity index (χ3n) is 5.93. The zero-order valence-electron chi connectivity index (χ0n) is 16.3. The molecule has 0 saturated carbocycles. The van der Waals surface area contributed by atoms with Crippen molar-refractivity contribution >= 4 is 5.91 Å². The molecule has 0 aromatic heterocycles. The SMILES string of the molecule is CC1CCN(C[C@@H](NC(=O)[C@H]2Cc3ccc(O)cc3CN2)C(C)C)CC1. The first-order valence-corrected chi connectivity index (χ1v) is 9.99. The Labute approximate surface area is 157 Å². The highest BCUT2D eigenvalue weighted by Gasteiger charge is 2.28. The normalized spacial score (nSPS) is 22.8. The van der Waals surface area contributed by atoms with Gasteiger partial charge in [-0.15, -0.1) is 0 Å². The van der Waals surface area contributed by atoms with Crippen LogP contribution >= 0.6 is 0 Å². The van der Waals surface area contributed by atoms with E-state index in [1.54, 1.807) is 12.1 Å². The molecule has 5 heteroatoms. The van der Waals surface area contributed by atoms with Crippen molar-refractivity contribution in [1.82, 2.24) is 15.5 Å². The zero-order chi connectivity index (χ0) is 18.7. The second-order valence-corrected chi connectivity index (χ2v) is 8.43. The minimum atomic E-state index is -0.199. The monoisotopic (exact) mass is 359 g/mol. The Hall–Kier alpha value is -1.59. The molecule has 0 bridgehead atoms. The second kappa shape index (κ2) is 8.40. The second-order valence-electron chi connectivity index (χ2n) is 8.43. The van der Waals surface area contributed by atoms with E-state index in [4.69, 9.17) is 0 Å². The summed E-state index contributed by atoms with van der Waals surface area (Å²) in [5.41, 5.74) is 2.23. The van der Waals surface area contributed by atoms with E-state index in [0.717, 1.165) is 36.7 Å². The number of fused-ring (bicyclic) bond motifs is 1. The average molecular weight is 360 g/mol. The van der Waals surface area contributed by atoms with Gasteiger partial charge in [0.05, 0.1) is 6.04 Å². The summed E-state index contributed by atoms with van der Waals surface area (Å²) in [5.74, 6) is 1.60. The molecule has 144 valence electrons. The van der Waals surface area contributed by atoms with Crippen LogP contribution in [0.15, 0.2) is 18.2 Å². The molecule has 0 spiro atoms. The van der Waals surface area contributed by atoms with Crippen LogP contribution in [0.2, 0.25) is 0 Å².